The lowest BCUT2D eigenvalue weighted by molar-refractivity contribution is -0.121. The number of nitrogens with one attached hydrogen (secondary N) is 2. The first-order valence-electron chi connectivity index (χ1n) is 7.50. The minimum absolute atomic E-state index is 0.0766. The molecule has 2 rings (SSSR count). The largest absolute Gasteiger partial charge is 0.497 e. The fourth-order valence-corrected chi connectivity index (χ4v) is 2.30. The number of carbonyl (C=O) groups is 1. The molecule has 0 bridgehead atoms. The van der Waals surface area contributed by atoms with E-state index in [0.717, 1.165) is 31.7 Å². The summed E-state index contributed by atoms with van der Waals surface area (Å²) in [6, 6.07) is 7.91. The number of carbonyl (C=O) groups excluding carboxylic acids is 1. The summed E-state index contributed by atoms with van der Waals surface area (Å²) in [7, 11) is 1.66. The molecule has 1 aliphatic heterocycles. The van der Waals surface area contributed by atoms with Crippen LogP contribution in [0, 0.1) is 0 Å². The van der Waals surface area contributed by atoms with Gasteiger partial charge in [-0.25, -0.2) is 0 Å². The molecule has 0 saturated carbocycles. The average Bonchev–Trinajstić information content (AvgIpc) is 3.03. The second-order valence-corrected chi connectivity index (χ2v) is 5.21. The lowest BCUT2D eigenvalue weighted by atomic mass is 10.2. The van der Waals surface area contributed by atoms with Gasteiger partial charge in [0.2, 0.25) is 5.91 Å². The van der Waals surface area contributed by atoms with Gasteiger partial charge in [-0.2, -0.15) is 0 Å². The maximum Gasteiger partial charge on any atom is 0.221 e. The second-order valence-electron chi connectivity index (χ2n) is 5.21. The van der Waals surface area contributed by atoms with Crippen molar-refractivity contribution in [3.63, 3.8) is 0 Å². The molecule has 1 aliphatic rings. The van der Waals surface area contributed by atoms with Crippen LogP contribution in [0.1, 0.15) is 24.8 Å². The van der Waals surface area contributed by atoms with Crippen molar-refractivity contribution in [2.75, 3.05) is 26.8 Å². The average molecular weight is 292 g/mol. The first kappa shape index (κ1) is 15.8. The molecule has 5 heteroatoms. The molecular weight excluding hydrogens is 268 g/mol. The summed E-state index contributed by atoms with van der Waals surface area (Å²) < 4.78 is 10.6. The van der Waals surface area contributed by atoms with E-state index in [-0.39, 0.29) is 12.0 Å². The first-order chi connectivity index (χ1) is 10.3. The first-order valence-corrected chi connectivity index (χ1v) is 7.50. The van der Waals surface area contributed by atoms with Crippen LogP contribution in [0.5, 0.6) is 5.75 Å². The summed E-state index contributed by atoms with van der Waals surface area (Å²) in [6.07, 6.45) is 2.85. The van der Waals surface area contributed by atoms with E-state index in [9.17, 15) is 4.79 Å². The zero-order chi connectivity index (χ0) is 14.9. The van der Waals surface area contributed by atoms with Crippen molar-refractivity contribution in [1.29, 1.82) is 0 Å². The summed E-state index contributed by atoms with van der Waals surface area (Å²) in [6.45, 7) is 2.88. The van der Waals surface area contributed by atoms with Crippen LogP contribution in [0.2, 0.25) is 0 Å². The van der Waals surface area contributed by atoms with Gasteiger partial charge in [0.05, 0.1) is 13.2 Å². The summed E-state index contributed by atoms with van der Waals surface area (Å²) in [5.41, 5.74) is 1.18. The summed E-state index contributed by atoms with van der Waals surface area (Å²) in [4.78, 5) is 11.7. The Bertz CT molecular complexity index is 428. The third-order valence-electron chi connectivity index (χ3n) is 3.57. The molecule has 1 atom stereocenters. The minimum atomic E-state index is 0.0766. The highest BCUT2D eigenvalue weighted by molar-refractivity contribution is 5.76. The third-order valence-corrected chi connectivity index (χ3v) is 3.57. The van der Waals surface area contributed by atoms with Gasteiger partial charge in [-0.3, -0.25) is 4.79 Å². The van der Waals surface area contributed by atoms with Gasteiger partial charge in [0.15, 0.2) is 0 Å². The number of methoxy groups -OCH3 is 1. The van der Waals surface area contributed by atoms with E-state index >= 15 is 0 Å². The van der Waals surface area contributed by atoms with Crippen molar-refractivity contribution in [1.82, 2.24) is 10.6 Å². The lowest BCUT2D eigenvalue weighted by Gasteiger charge is -2.11. The molecule has 0 radical (unpaired) electrons. The number of amides is 1. The predicted octanol–water partition coefficient (Wildman–Crippen LogP) is 1.47. The SMILES string of the molecule is COc1ccc(CNCCC(=O)NCC2CCCO2)cc1. The Balaban J connectivity index is 1.54. The van der Waals surface area contributed by atoms with Gasteiger partial charge in [-0.05, 0) is 30.5 Å². The number of hydrogen-bond acceptors (Lipinski definition) is 4. The molecular formula is C16H24N2O3. The van der Waals surface area contributed by atoms with Gasteiger partial charge >= 0.3 is 0 Å². The topological polar surface area (TPSA) is 59.6 Å². The van der Waals surface area contributed by atoms with Gasteiger partial charge in [0.1, 0.15) is 5.75 Å². The van der Waals surface area contributed by atoms with E-state index in [1.54, 1.807) is 7.11 Å². The summed E-state index contributed by atoms with van der Waals surface area (Å²) in [5.74, 6) is 0.931. The van der Waals surface area contributed by atoms with E-state index < -0.39 is 0 Å². The van der Waals surface area contributed by atoms with Crippen molar-refractivity contribution in [3.8, 4) is 5.75 Å². The van der Waals surface area contributed by atoms with Gasteiger partial charge in [0, 0.05) is 32.7 Å². The van der Waals surface area contributed by atoms with E-state index in [0.29, 0.717) is 19.5 Å². The Morgan fingerprint density at radius 1 is 1.38 bits per heavy atom. The Morgan fingerprint density at radius 2 is 2.19 bits per heavy atom. The molecule has 2 N–H and O–H groups in total. The fraction of sp³-hybridized carbons (Fsp3) is 0.562. The summed E-state index contributed by atoms with van der Waals surface area (Å²) >= 11 is 0. The molecule has 1 saturated heterocycles. The van der Waals surface area contributed by atoms with E-state index in [4.69, 9.17) is 9.47 Å². The minimum Gasteiger partial charge on any atom is -0.497 e. The zero-order valence-electron chi connectivity index (χ0n) is 12.6. The van der Waals surface area contributed by atoms with Gasteiger partial charge in [-0.15, -0.1) is 0 Å². The van der Waals surface area contributed by atoms with Crippen LogP contribution in [0.4, 0.5) is 0 Å². The highest BCUT2D eigenvalue weighted by atomic mass is 16.5. The molecule has 5 nitrogen and oxygen atoms in total. The molecule has 0 spiro atoms. The molecule has 1 fully saturated rings. The quantitative estimate of drug-likeness (QED) is 0.712. The maximum absolute atomic E-state index is 11.7. The van der Waals surface area contributed by atoms with Gasteiger partial charge in [-0.1, -0.05) is 12.1 Å². The lowest BCUT2D eigenvalue weighted by Crippen LogP contribution is -2.33. The molecule has 1 heterocycles. The molecule has 21 heavy (non-hydrogen) atoms. The van der Waals surface area contributed by atoms with E-state index in [1.807, 2.05) is 24.3 Å². The molecule has 1 aromatic rings. The Morgan fingerprint density at radius 3 is 2.86 bits per heavy atom. The molecule has 0 aromatic heterocycles. The fourth-order valence-electron chi connectivity index (χ4n) is 2.30. The smallest absolute Gasteiger partial charge is 0.221 e. The monoisotopic (exact) mass is 292 g/mol. The Labute approximate surface area is 126 Å². The third kappa shape index (κ3) is 5.73. The van der Waals surface area contributed by atoms with Crippen molar-refractivity contribution >= 4 is 5.91 Å². The summed E-state index contributed by atoms with van der Waals surface area (Å²) in [5, 5.41) is 6.18. The zero-order valence-corrected chi connectivity index (χ0v) is 12.6. The number of rotatable bonds is 8. The number of ether oxygens (including phenoxy) is 2. The Hall–Kier alpha value is -1.59. The van der Waals surface area contributed by atoms with Crippen LogP contribution in [0.25, 0.3) is 0 Å². The normalized spacial score (nSPS) is 17.7. The van der Waals surface area contributed by atoms with Crippen molar-refractivity contribution in [2.24, 2.45) is 0 Å². The standard InChI is InChI=1S/C16H24N2O3/c1-20-14-6-4-13(5-7-14)11-17-9-8-16(19)18-12-15-3-2-10-21-15/h4-7,15,17H,2-3,8-12H2,1H3,(H,18,19). The maximum atomic E-state index is 11.7. The highest BCUT2D eigenvalue weighted by Gasteiger charge is 2.15. The van der Waals surface area contributed by atoms with Gasteiger partial charge < -0.3 is 20.1 Å². The van der Waals surface area contributed by atoms with Crippen LogP contribution in [0.15, 0.2) is 24.3 Å². The molecule has 116 valence electrons. The van der Waals surface area contributed by atoms with Crippen molar-refractivity contribution in [2.45, 2.75) is 31.9 Å². The van der Waals surface area contributed by atoms with Crippen LogP contribution in [-0.2, 0) is 16.1 Å². The molecule has 0 aliphatic carbocycles. The van der Waals surface area contributed by atoms with Crippen LogP contribution < -0.4 is 15.4 Å². The van der Waals surface area contributed by atoms with Gasteiger partial charge in [0.25, 0.3) is 0 Å². The van der Waals surface area contributed by atoms with Crippen molar-refractivity contribution < 1.29 is 14.3 Å². The van der Waals surface area contributed by atoms with E-state index in [1.165, 1.54) is 5.56 Å². The molecule has 1 unspecified atom stereocenters. The number of hydrogen-bond donors (Lipinski definition) is 2. The Kier molecular flexibility index (Phi) is 6.50. The van der Waals surface area contributed by atoms with Crippen LogP contribution >= 0.6 is 0 Å². The van der Waals surface area contributed by atoms with Crippen LogP contribution in [0.3, 0.4) is 0 Å². The predicted molar refractivity (Wildman–Crippen MR) is 81.3 cm³/mol. The second kappa shape index (κ2) is 8.64. The van der Waals surface area contributed by atoms with E-state index in [2.05, 4.69) is 10.6 Å². The number of benzene rings is 1. The van der Waals surface area contributed by atoms with Crippen LogP contribution in [-0.4, -0.2) is 38.8 Å². The highest BCUT2D eigenvalue weighted by Crippen LogP contribution is 2.11. The molecule has 1 amide bonds. The van der Waals surface area contributed by atoms with Crippen molar-refractivity contribution in [3.05, 3.63) is 29.8 Å². The molecule has 1 aromatic carbocycles.